The van der Waals surface area contributed by atoms with E-state index in [1.165, 1.54) is 42.5 Å². The first-order valence-corrected chi connectivity index (χ1v) is 6.52. The normalized spacial score (nSPS) is 13.5. The van der Waals surface area contributed by atoms with Crippen LogP contribution < -0.4 is 5.32 Å². The van der Waals surface area contributed by atoms with E-state index in [1.807, 2.05) is 0 Å². The van der Waals surface area contributed by atoms with Gasteiger partial charge in [-0.15, -0.1) is 0 Å². The second-order valence-corrected chi connectivity index (χ2v) is 4.68. The zero-order valence-electron chi connectivity index (χ0n) is 11.4. The van der Waals surface area contributed by atoms with E-state index < -0.39 is 23.1 Å². The third-order valence-corrected chi connectivity index (χ3v) is 3.41. The minimum atomic E-state index is -1.65. The maximum Gasteiger partial charge on any atom is 0.334 e. The standard InChI is InChI=1S/C16H15F2NO2/c1-2-16(15(20)21,13-8-3-4-9-14(13)18)19-12-7-5-6-11(17)10-12/h3-10,19H,2H2,1H3,(H,20,21). The van der Waals surface area contributed by atoms with Crippen LogP contribution in [0.15, 0.2) is 48.5 Å². The number of nitrogens with one attached hydrogen (secondary N) is 1. The fourth-order valence-electron chi connectivity index (χ4n) is 2.29. The summed E-state index contributed by atoms with van der Waals surface area (Å²) in [5.74, 6) is -2.34. The highest BCUT2D eigenvalue weighted by Crippen LogP contribution is 2.32. The van der Waals surface area contributed by atoms with Crippen molar-refractivity contribution < 1.29 is 18.7 Å². The molecule has 2 N–H and O–H groups in total. The number of rotatable bonds is 5. The summed E-state index contributed by atoms with van der Waals surface area (Å²) in [5.41, 5.74) is -1.36. The zero-order valence-corrected chi connectivity index (χ0v) is 11.4. The molecular weight excluding hydrogens is 276 g/mol. The molecule has 0 spiro atoms. The smallest absolute Gasteiger partial charge is 0.334 e. The molecule has 1 atom stereocenters. The van der Waals surface area contributed by atoms with E-state index in [-0.39, 0.29) is 17.7 Å². The van der Waals surface area contributed by atoms with E-state index in [0.717, 1.165) is 0 Å². The van der Waals surface area contributed by atoms with E-state index in [4.69, 9.17) is 0 Å². The molecule has 0 aromatic heterocycles. The van der Waals surface area contributed by atoms with Gasteiger partial charge in [-0.1, -0.05) is 31.2 Å². The Morgan fingerprint density at radius 2 is 1.90 bits per heavy atom. The molecule has 2 aromatic rings. The molecule has 0 heterocycles. The summed E-state index contributed by atoms with van der Waals surface area (Å²) in [6.07, 6.45) is 0.0970. The number of aliphatic carboxylic acids is 1. The van der Waals surface area contributed by atoms with Crippen molar-refractivity contribution in [2.75, 3.05) is 5.32 Å². The molecule has 3 nitrogen and oxygen atoms in total. The maximum absolute atomic E-state index is 14.0. The third-order valence-electron chi connectivity index (χ3n) is 3.41. The van der Waals surface area contributed by atoms with Crippen LogP contribution in [0.25, 0.3) is 0 Å². The maximum atomic E-state index is 14.0. The molecule has 1 unspecified atom stereocenters. The molecule has 2 aromatic carbocycles. The highest BCUT2D eigenvalue weighted by molar-refractivity contribution is 5.84. The van der Waals surface area contributed by atoms with Gasteiger partial charge >= 0.3 is 5.97 Å². The zero-order chi connectivity index (χ0) is 15.5. The quantitative estimate of drug-likeness (QED) is 0.881. The van der Waals surface area contributed by atoms with E-state index in [1.54, 1.807) is 13.0 Å². The summed E-state index contributed by atoms with van der Waals surface area (Å²) in [5, 5.41) is 12.4. The van der Waals surface area contributed by atoms with Crippen LogP contribution in [0.5, 0.6) is 0 Å². The minimum Gasteiger partial charge on any atom is -0.479 e. The fraction of sp³-hybridized carbons (Fsp3) is 0.188. The topological polar surface area (TPSA) is 49.3 Å². The monoisotopic (exact) mass is 291 g/mol. The van der Waals surface area contributed by atoms with Crippen molar-refractivity contribution in [1.82, 2.24) is 0 Å². The molecule has 0 saturated carbocycles. The molecule has 0 bridgehead atoms. The Labute approximate surface area is 121 Å². The first kappa shape index (κ1) is 15.0. The van der Waals surface area contributed by atoms with Gasteiger partial charge in [-0.05, 0) is 30.7 Å². The van der Waals surface area contributed by atoms with Crippen LogP contribution in [0.3, 0.4) is 0 Å². The van der Waals surface area contributed by atoms with Gasteiger partial charge in [-0.25, -0.2) is 13.6 Å². The Balaban J connectivity index is 2.53. The number of carboxylic acids is 1. The molecule has 110 valence electrons. The summed E-state index contributed by atoms with van der Waals surface area (Å²) >= 11 is 0. The first-order chi connectivity index (χ1) is 9.99. The Hall–Kier alpha value is -2.43. The number of carboxylic acid groups (broad SMARTS) is 1. The van der Waals surface area contributed by atoms with E-state index in [9.17, 15) is 18.7 Å². The predicted molar refractivity (Wildman–Crippen MR) is 76.0 cm³/mol. The molecule has 0 aliphatic heterocycles. The predicted octanol–water partition coefficient (Wildman–Crippen LogP) is 3.77. The highest BCUT2D eigenvalue weighted by Gasteiger charge is 2.40. The second-order valence-electron chi connectivity index (χ2n) is 4.68. The van der Waals surface area contributed by atoms with Gasteiger partial charge in [-0.2, -0.15) is 0 Å². The summed E-state index contributed by atoms with van der Waals surface area (Å²) in [6, 6.07) is 11.1. The number of anilines is 1. The van der Waals surface area contributed by atoms with Crippen molar-refractivity contribution in [1.29, 1.82) is 0 Å². The number of hydrogen-bond donors (Lipinski definition) is 2. The Morgan fingerprint density at radius 3 is 2.48 bits per heavy atom. The van der Waals surface area contributed by atoms with Gasteiger partial charge in [0.05, 0.1) is 0 Å². The number of hydrogen-bond acceptors (Lipinski definition) is 2. The van der Waals surface area contributed by atoms with Crippen LogP contribution in [0.4, 0.5) is 14.5 Å². The van der Waals surface area contributed by atoms with Crippen molar-refractivity contribution in [3.8, 4) is 0 Å². The molecule has 0 aliphatic carbocycles. The van der Waals surface area contributed by atoms with Gasteiger partial charge in [0, 0.05) is 11.3 Å². The van der Waals surface area contributed by atoms with Crippen LogP contribution in [0, 0.1) is 11.6 Å². The fourth-order valence-corrected chi connectivity index (χ4v) is 2.29. The van der Waals surface area contributed by atoms with Crippen molar-refractivity contribution in [3.05, 3.63) is 65.7 Å². The summed E-state index contributed by atoms with van der Waals surface area (Å²) in [6.45, 7) is 1.63. The van der Waals surface area contributed by atoms with Gasteiger partial charge in [-0.3, -0.25) is 0 Å². The van der Waals surface area contributed by atoms with Crippen LogP contribution in [-0.2, 0) is 10.3 Å². The van der Waals surface area contributed by atoms with E-state index >= 15 is 0 Å². The third kappa shape index (κ3) is 2.86. The van der Waals surface area contributed by atoms with Gasteiger partial charge in [0.1, 0.15) is 11.6 Å². The average molecular weight is 291 g/mol. The number of benzene rings is 2. The molecule has 21 heavy (non-hydrogen) atoms. The van der Waals surface area contributed by atoms with Crippen molar-refractivity contribution in [2.24, 2.45) is 0 Å². The second kappa shape index (κ2) is 5.91. The average Bonchev–Trinajstić information content (AvgIpc) is 2.45. The molecule has 0 saturated heterocycles. The number of halogens is 2. The SMILES string of the molecule is CCC(Nc1cccc(F)c1)(C(=O)O)c1ccccc1F. The lowest BCUT2D eigenvalue weighted by Gasteiger charge is -2.31. The minimum absolute atomic E-state index is 0.0178. The van der Waals surface area contributed by atoms with Crippen molar-refractivity contribution >= 4 is 11.7 Å². The molecule has 5 heteroatoms. The van der Waals surface area contributed by atoms with Crippen LogP contribution in [0.1, 0.15) is 18.9 Å². The Bertz CT molecular complexity index is 660. The van der Waals surface area contributed by atoms with Crippen LogP contribution >= 0.6 is 0 Å². The lowest BCUT2D eigenvalue weighted by atomic mass is 9.86. The summed E-state index contributed by atoms with van der Waals surface area (Å²) < 4.78 is 27.3. The Morgan fingerprint density at radius 1 is 1.19 bits per heavy atom. The molecule has 0 fully saturated rings. The largest absolute Gasteiger partial charge is 0.479 e. The molecule has 0 radical (unpaired) electrons. The van der Waals surface area contributed by atoms with Crippen molar-refractivity contribution in [3.63, 3.8) is 0 Å². The summed E-state index contributed by atoms with van der Waals surface area (Å²) in [7, 11) is 0. The van der Waals surface area contributed by atoms with Crippen molar-refractivity contribution in [2.45, 2.75) is 18.9 Å². The van der Waals surface area contributed by atoms with Crippen LogP contribution in [0.2, 0.25) is 0 Å². The van der Waals surface area contributed by atoms with Gasteiger partial charge in [0.2, 0.25) is 0 Å². The Kier molecular flexibility index (Phi) is 4.21. The lowest BCUT2D eigenvalue weighted by Crippen LogP contribution is -2.43. The van der Waals surface area contributed by atoms with Gasteiger partial charge in [0.15, 0.2) is 5.54 Å². The lowest BCUT2D eigenvalue weighted by molar-refractivity contribution is -0.143. The van der Waals surface area contributed by atoms with E-state index in [0.29, 0.717) is 0 Å². The molecule has 0 amide bonds. The van der Waals surface area contributed by atoms with Gasteiger partial charge in [0.25, 0.3) is 0 Å². The number of carbonyl (C=O) groups is 1. The molecule has 0 aliphatic rings. The summed E-state index contributed by atoms with van der Waals surface area (Å²) in [4.78, 5) is 11.8. The van der Waals surface area contributed by atoms with Crippen LogP contribution in [-0.4, -0.2) is 11.1 Å². The van der Waals surface area contributed by atoms with Gasteiger partial charge < -0.3 is 10.4 Å². The van der Waals surface area contributed by atoms with E-state index in [2.05, 4.69) is 5.32 Å². The molecular formula is C16H15F2NO2. The highest BCUT2D eigenvalue weighted by atomic mass is 19.1. The first-order valence-electron chi connectivity index (χ1n) is 6.52. The molecule has 2 rings (SSSR count).